The molecule has 1 aromatic rings. The van der Waals surface area contributed by atoms with Crippen molar-refractivity contribution in [3.05, 3.63) is 29.3 Å². The number of hydrogen-bond donors (Lipinski definition) is 1. The number of ether oxygens (including phenoxy) is 1. The summed E-state index contributed by atoms with van der Waals surface area (Å²) in [5.41, 5.74) is 1.87. The highest BCUT2D eigenvalue weighted by molar-refractivity contribution is 5.77. The maximum atomic E-state index is 11.1. The molecule has 3 heteroatoms. The summed E-state index contributed by atoms with van der Waals surface area (Å²) in [4.78, 5) is 11.1. The molecule has 1 aromatic carbocycles. The highest BCUT2D eigenvalue weighted by atomic mass is 16.5. The average Bonchev–Trinajstić information content (AvgIpc) is 3.07. The summed E-state index contributed by atoms with van der Waals surface area (Å²) in [5.74, 6) is 0.246. The monoisotopic (exact) mass is 234 g/mol. The smallest absolute Gasteiger partial charge is 0.309 e. The number of methoxy groups -OCH3 is 1. The molecule has 0 atom stereocenters. The van der Waals surface area contributed by atoms with Gasteiger partial charge in [-0.2, -0.15) is 0 Å². The van der Waals surface area contributed by atoms with E-state index in [-0.39, 0.29) is 0 Å². The molecule has 0 heterocycles. The van der Waals surface area contributed by atoms with Crippen LogP contribution in [-0.2, 0) is 11.2 Å². The molecule has 1 saturated carbocycles. The van der Waals surface area contributed by atoms with Crippen molar-refractivity contribution < 1.29 is 14.6 Å². The van der Waals surface area contributed by atoms with Crippen molar-refractivity contribution in [2.45, 2.75) is 32.6 Å². The zero-order valence-electron chi connectivity index (χ0n) is 10.3. The van der Waals surface area contributed by atoms with Crippen LogP contribution in [0.1, 0.15) is 30.4 Å². The van der Waals surface area contributed by atoms with Crippen LogP contribution in [0, 0.1) is 12.3 Å². The topological polar surface area (TPSA) is 46.5 Å². The standard InChI is InChI=1S/C14H18O3/c1-10-9-11(3-4-12(10)17-2)5-6-14(7-8-14)13(15)16/h3-4,9H,5-8H2,1-2H3,(H,15,16). The Kier molecular flexibility index (Phi) is 3.09. The quantitative estimate of drug-likeness (QED) is 0.852. The van der Waals surface area contributed by atoms with Crippen molar-refractivity contribution in [2.75, 3.05) is 7.11 Å². The zero-order valence-corrected chi connectivity index (χ0v) is 10.3. The minimum absolute atomic E-state index is 0.423. The molecule has 0 spiro atoms. The van der Waals surface area contributed by atoms with Gasteiger partial charge < -0.3 is 9.84 Å². The molecule has 0 bridgehead atoms. The van der Waals surface area contributed by atoms with E-state index >= 15 is 0 Å². The normalized spacial score (nSPS) is 16.6. The largest absolute Gasteiger partial charge is 0.496 e. The Morgan fingerprint density at radius 3 is 2.65 bits per heavy atom. The number of rotatable bonds is 5. The first-order valence-corrected chi connectivity index (χ1v) is 5.94. The van der Waals surface area contributed by atoms with Crippen molar-refractivity contribution in [3.8, 4) is 5.75 Å². The highest BCUT2D eigenvalue weighted by Gasteiger charge is 2.49. The van der Waals surface area contributed by atoms with Gasteiger partial charge in [-0.25, -0.2) is 0 Å². The minimum Gasteiger partial charge on any atom is -0.496 e. The number of benzene rings is 1. The summed E-state index contributed by atoms with van der Waals surface area (Å²) in [6.07, 6.45) is 3.24. The third kappa shape index (κ3) is 2.43. The van der Waals surface area contributed by atoms with Gasteiger partial charge in [0, 0.05) is 0 Å². The number of carboxylic acids is 1. The van der Waals surface area contributed by atoms with Crippen molar-refractivity contribution in [3.63, 3.8) is 0 Å². The Labute approximate surface area is 101 Å². The molecule has 1 aliphatic carbocycles. The van der Waals surface area contributed by atoms with E-state index in [1.165, 1.54) is 5.56 Å². The summed E-state index contributed by atoms with van der Waals surface area (Å²) >= 11 is 0. The van der Waals surface area contributed by atoms with Gasteiger partial charge in [-0.05, 0) is 49.8 Å². The summed E-state index contributed by atoms with van der Waals surface area (Å²) in [7, 11) is 1.66. The lowest BCUT2D eigenvalue weighted by atomic mass is 9.96. The molecular formula is C14H18O3. The molecule has 0 aliphatic heterocycles. The lowest BCUT2D eigenvalue weighted by Crippen LogP contribution is -2.15. The van der Waals surface area contributed by atoms with Crippen LogP contribution >= 0.6 is 0 Å². The molecule has 0 aromatic heterocycles. The first-order valence-electron chi connectivity index (χ1n) is 5.94. The van der Waals surface area contributed by atoms with Gasteiger partial charge in [0.25, 0.3) is 0 Å². The first-order chi connectivity index (χ1) is 8.07. The Balaban J connectivity index is 2.00. The fourth-order valence-electron chi connectivity index (χ4n) is 2.20. The first kappa shape index (κ1) is 12.0. The van der Waals surface area contributed by atoms with Gasteiger partial charge >= 0.3 is 5.97 Å². The predicted octanol–water partition coefficient (Wildman–Crippen LogP) is 2.80. The molecule has 92 valence electrons. The maximum absolute atomic E-state index is 11.1. The molecule has 0 saturated heterocycles. The summed E-state index contributed by atoms with van der Waals surface area (Å²) in [6, 6.07) is 6.05. The van der Waals surface area contributed by atoms with E-state index in [0.29, 0.717) is 0 Å². The predicted molar refractivity (Wildman–Crippen MR) is 65.4 cm³/mol. The zero-order chi connectivity index (χ0) is 12.5. The second-order valence-electron chi connectivity index (χ2n) is 4.89. The maximum Gasteiger partial charge on any atom is 0.309 e. The summed E-state index contributed by atoms with van der Waals surface area (Å²) < 4.78 is 5.20. The fraction of sp³-hybridized carbons (Fsp3) is 0.500. The Morgan fingerprint density at radius 2 is 2.18 bits per heavy atom. The molecule has 17 heavy (non-hydrogen) atoms. The van der Waals surface area contributed by atoms with E-state index in [1.807, 2.05) is 19.1 Å². The Hall–Kier alpha value is -1.51. The van der Waals surface area contributed by atoms with E-state index in [1.54, 1.807) is 7.11 Å². The number of carboxylic acid groups (broad SMARTS) is 1. The summed E-state index contributed by atoms with van der Waals surface area (Å²) in [6.45, 7) is 2.01. The fourth-order valence-corrected chi connectivity index (χ4v) is 2.20. The van der Waals surface area contributed by atoms with Crippen LogP contribution in [-0.4, -0.2) is 18.2 Å². The van der Waals surface area contributed by atoms with Crippen LogP contribution in [0.15, 0.2) is 18.2 Å². The van der Waals surface area contributed by atoms with Crippen LogP contribution in [0.3, 0.4) is 0 Å². The summed E-state index contributed by atoms with van der Waals surface area (Å²) in [5, 5.41) is 9.10. The lowest BCUT2D eigenvalue weighted by Gasteiger charge is -2.11. The van der Waals surface area contributed by atoms with Crippen molar-refractivity contribution in [1.29, 1.82) is 0 Å². The molecule has 0 amide bonds. The number of aryl methyl sites for hydroxylation is 2. The third-order valence-corrected chi connectivity index (χ3v) is 3.66. The SMILES string of the molecule is COc1ccc(CCC2(C(=O)O)CC2)cc1C. The van der Waals surface area contributed by atoms with E-state index in [2.05, 4.69) is 6.07 Å². The van der Waals surface area contributed by atoms with Gasteiger partial charge in [-0.3, -0.25) is 4.79 Å². The Morgan fingerprint density at radius 1 is 1.47 bits per heavy atom. The van der Waals surface area contributed by atoms with Gasteiger partial charge in [-0.15, -0.1) is 0 Å². The van der Waals surface area contributed by atoms with E-state index < -0.39 is 11.4 Å². The number of hydrogen-bond acceptors (Lipinski definition) is 2. The third-order valence-electron chi connectivity index (χ3n) is 3.66. The molecule has 0 unspecified atom stereocenters. The van der Waals surface area contributed by atoms with Crippen molar-refractivity contribution in [2.24, 2.45) is 5.41 Å². The van der Waals surface area contributed by atoms with Crippen molar-refractivity contribution >= 4 is 5.97 Å². The molecular weight excluding hydrogens is 216 g/mol. The van der Waals surface area contributed by atoms with Crippen LogP contribution in [0.4, 0.5) is 0 Å². The van der Waals surface area contributed by atoms with E-state index in [4.69, 9.17) is 9.84 Å². The molecule has 2 rings (SSSR count). The van der Waals surface area contributed by atoms with Crippen LogP contribution < -0.4 is 4.74 Å². The van der Waals surface area contributed by atoms with E-state index in [9.17, 15) is 4.79 Å². The molecule has 1 fully saturated rings. The van der Waals surface area contributed by atoms with Crippen LogP contribution in [0.25, 0.3) is 0 Å². The van der Waals surface area contributed by atoms with Gasteiger partial charge in [0.2, 0.25) is 0 Å². The van der Waals surface area contributed by atoms with Crippen LogP contribution in [0.2, 0.25) is 0 Å². The molecule has 1 aliphatic rings. The van der Waals surface area contributed by atoms with Gasteiger partial charge in [0.05, 0.1) is 12.5 Å². The highest BCUT2D eigenvalue weighted by Crippen LogP contribution is 2.49. The average molecular weight is 234 g/mol. The van der Waals surface area contributed by atoms with Gasteiger partial charge in [-0.1, -0.05) is 12.1 Å². The molecule has 1 N–H and O–H groups in total. The van der Waals surface area contributed by atoms with Gasteiger partial charge in [0.15, 0.2) is 0 Å². The second kappa shape index (κ2) is 4.40. The van der Waals surface area contributed by atoms with E-state index in [0.717, 1.165) is 37.0 Å². The van der Waals surface area contributed by atoms with Crippen molar-refractivity contribution in [1.82, 2.24) is 0 Å². The Bertz CT molecular complexity index is 433. The van der Waals surface area contributed by atoms with Crippen LogP contribution in [0.5, 0.6) is 5.75 Å². The molecule has 3 nitrogen and oxygen atoms in total. The minimum atomic E-state index is -0.636. The second-order valence-corrected chi connectivity index (χ2v) is 4.89. The number of aliphatic carboxylic acids is 1. The molecule has 0 radical (unpaired) electrons. The number of carbonyl (C=O) groups is 1. The van der Waals surface area contributed by atoms with Gasteiger partial charge in [0.1, 0.15) is 5.75 Å². The lowest BCUT2D eigenvalue weighted by molar-refractivity contribution is -0.143.